The lowest BCUT2D eigenvalue weighted by atomic mass is 10.2. The molecule has 0 radical (unpaired) electrons. The van der Waals surface area contributed by atoms with Gasteiger partial charge in [0.05, 0.1) is 23.0 Å². The largest absolute Gasteiger partial charge is 0.497 e. The maximum atomic E-state index is 12.1. The summed E-state index contributed by atoms with van der Waals surface area (Å²) in [5, 5.41) is 2.73. The number of carbonyl (C=O) groups excluding carboxylic acids is 1. The molecule has 0 aromatic heterocycles. The van der Waals surface area contributed by atoms with E-state index in [9.17, 15) is 4.79 Å². The molecule has 0 unspecified atom stereocenters. The predicted molar refractivity (Wildman–Crippen MR) is 111 cm³/mol. The van der Waals surface area contributed by atoms with Gasteiger partial charge in [0.15, 0.2) is 0 Å². The van der Waals surface area contributed by atoms with Crippen molar-refractivity contribution in [2.45, 2.75) is 37.0 Å². The second-order valence-electron chi connectivity index (χ2n) is 6.61. The summed E-state index contributed by atoms with van der Waals surface area (Å²) in [6.45, 7) is 5.43. The number of rotatable bonds is 5. The molecule has 0 aliphatic heterocycles. The van der Waals surface area contributed by atoms with Crippen LogP contribution < -0.4 is 15.8 Å². The van der Waals surface area contributed by atoms with Crippen LogP contribution in [0.3, 0.4) is 0 Å². The Hall–Kier alpha value is -1.86. The molecule has 0 aliphatic rings. The fourth-order valence-corrected chi connectivity index (χ4v) is 3.81. The maximum Gasteiger partial charge on any atom is 0.412 e. The number of methoxy groups -OCH3 is 1. The number of nitrogen functional groups attached to an aromatic ring is 1. The molecule has 0 atom stereocenters. The standard InChI is InChI=1S/C19H23BrN2O3S/c1-19(2,3)25-18(23)22-17-14(21)9-10-15(16(17)20)26-11-12-5-7-13(24-4)8-6-12/h5-10H,11,21H2,1-4H3,(H,22,23). The Kier molecular flexibility index (Phi) is 6.83. The van der Waals surface area contributed by atoms with Crippen LogP contribution in [0.2, 0.25) is 0 Å². The summed E-state index contributed by atoms with van der Waals surface area (Å²) >= 11 is 5.19. The van der Waals surface area contributed by atoms with Crippen molar-refractivity contribution in [3.05, 3.63) is 46.4 Å². The molecule has 3 N–H and O–H groups in total. The van der Waals surface area contributed by atoms with Gasteiger partial charge < -0.3 is 15.2 Å². The summed E-state index contributed by atoms with van der Waals surface area (Å²) in [4.78, 5) is 13.0. The molecule has 0 saturated carbocycles. The summed E-state index contributed by atoms with van der Waals surface area (Å²) in [6, 6.07) is 11.6. The number of benzene rings is 2. The molecule has 0 fully saturated rings. The number of nitrogens with one attached hydrogen (secondary N) is 1. The number of hydrogen-bond acceptors (Lipinski definition) is 5. The monoisotopic (exact) mass is 438 g/mol. The fraction of sp³-hybridized carbons (Fsp3) is 0.316. The zero-order valence-electron chi connectivity index (χ0n) is 15.3. The van der Waals surface area contributed by atoms with Crippen LogP contribution in [0.15, 0.2) is 45.8 Å². The van der Waals surface area contributed by atoms with E-state index in [1.165, 1.54) is 5.56 Å². The number of nitrogens with two attached hydrogens (primary N) is 1. The minimum atomic E-state index is -0.577. The number of ether oxygens (including phenoxy) is 2. The smallest absolute Gasteiger partial charge is 0.412 e. The molecule has 5 nitrogen and oxygen atoms in total. The Morgan fingerprint density at radius 3 is 2.42 bits per heavy atom. The zero-order chi connectivity index (χ0) is 19.3. The van der Waals surface area contributed by atoms with Crippen molar-refractivity contribution in [2.75, 3.05) is 18.2 Å². The lowest BCUT2D eigenvalue weighted by Crippen LogP contribution is -2.27. The number of amides is 1. The lowest BCUT2D eigenvalue weighted by Gasteiger charge is -2.21. The van der Waals surface area contributed by atoms with Gasteiger partial charge in [0.1, 0.15) is 11.4 Å². The van der Waals surface area contributed by atoms with Crippen molar-refractivity contribution in [1.29, 1.82) is 0 Å². The number of thioether (sulfide) groups is 1. The Bertz CT molecular complexity index is 774. The van der Waals surface area contributed by atoms with Gasteiger partial charge in [0, 0.05) is 10.6 Å². The third kappa shape index (κ3) is 5.85. The first-order valence-corrected chi connectivity index (χ1v) is 9.81. The van der Waals surface area contributed by atoms with Gasteiger partial charge in [-0.3, -0.25) is 5.32 Å². The molecule has 1 amide bonds. The second-order valence-corrected chi connectivity index (χ2v) is 8.42. The third-order valence-corrected chi connectivity index (χ3v) is 5.53. The van der Waals surface area contributed by atoms with Crippen LogP contribution in [-0.2, 0) is 10.5 Å². The van der Waals surface area contributed by atoms with Crippen LogP contribution in [0.1, 0.15) is 26.3 Å². The Balaban J connectivity index is 2.11. The molecule has 2 aromatic rings. The fourth-order valence-electron chi connectivity index (χ4n) is 2.10. The van der Waals surface area contributed by atoms with Gasteiger partial charge >= 0.3 is 6.09 Å². The highest BCUT2D eigenvalue weighted by atomic mass is 79.9. The number of carbonyl (C=O) groups is 1. The van der Waals surface area contributed by atoms with Gasteiger partial charge in [-0.2, -0.15) is 0 Å². The van der Waals surface area contributed by atoms with Crippen molar-refractivity contribution >= 4 is 45.2 Å². The molecule has 26 heavy (non-hydrogen) atoms. The van der Waals surface area contributed by atoms with Crippen LogP contribution in [0.5, 0.6) is 5.75 Å². The van der Waals surface area contributed by atoms with E-state index in [0.29, 0.717) is 11.4 Å². The molecule has 7 heteroatoms. The normalized spacial score (nSPS) is 11.1. The minimum Gasteiger partial charge on any atom is -0.497 e. The number of anilines is 2. The molecule has 2 aromatic carbocycles. The van der Waals surface area contributed by atoms with Crippen molar-refractivity contribution in [1.82, 2.24) is 0 Å². The van der Waals surface area contributed by atoms with Crippen molar-refractivity contribution in [2.24, 2.45) is 0 Å². The highest BCUT2D eigenvalue weighted by molar-refractivity contribution is 9.10. The van der Waals surface area contributed by atoms with Crippen molar-refractivity contribution in [3.63, 3.8) is 0 Å². The van der Waals surface area contributed by atoms with Gasteiger partial charge in [-0.25, -0.2) is 4.79 Å². The first-order chi connectivity index (χ1) is 12.2. The number of halogens is 1. The second kappa shape index (κ2) is 8.68. The Morgan fingerprint density at radius 1 is 1.19 bits per heavy atom. The molecule has 0 heterocycles. The van der Waals surface area contributed by atoms with E-state index in [2.05, 4.69) is 21.2 Å². The van der Waals surface area contributed by atoms with E-state index in [-0.39, 0.29) is 0 Å². The van der Waals surface area contributed by atoms with Crippen LogP contribution in [0.4, 0.5) is 16.2 Å². The van der Waals surface area contributed by atoms with Crippen LogP contribution >= 0.6 is 27.7 Å². The Labute approximate surface area is 166 Å². The average Bonchev–Trinajstić information content (AvgIpc) is 2.57. The Morgan fingerprint density at radius 2 is 1.85 bits per heavy atom. The van der Waals surface area contributed by atoms with Gasteiger partial charge in [-0.05, 0) is 66.5 Å². The van der Waals surface area contributed by atoms with Crippen LogP contribution in [0.25, 0.3) is 0 Å². The summed E-state index contributed by atoms with van der Waals surface area (Å²) in [5.74, 6) is 1.61. The highest BCUT2D eigenvalue weighted by Crippen LogP contribution is 2.39. The predicted octanol–water partition coefficient (Wildman–Crippen LogP) is 5.68. The van der Waals surface area contributed by atoms with Gasteiger partial charge in [0.25, 0.3) is 0 Å². The quantitative estimate of drug-likeness (QED) is 0.463. The maximum absolute atomic E-state index is 12.1. The van der Waals surface area contributed by atoms with Crippen LogP contribution in [0, 0.1) is 0 Å². The summed E-state index contributed by atoms with van der Waals surface area (Å²) in [7, 11) is 1.65. The molecule has 0 spiro atoms. The van der Waals surface area contributed by atoms with Crippen LogP contribution in [-0.4, -0.2) is 18.8 Å². The van der Waals surface area contributed by atoms with E-state index >= 15 is 0 Å². The summed E-state index contributed by atoms with van der Waals surface area (Å²) in [5.41, 5.74) is 7.59. The summed E-state index contributed by atoms with van der Waals surface area (Å²) < 4.78 is 11.2. The van der Waals surface area contributed by atoms with E-state index < -0.39 is 11.7 Å². The molecule has 140 valence electrons. The molecule has 0 aliphatic carbocycles. The first kappa shape index (κ1) is 20.5. The molecule has 0 saturated heterocycles. The lowest BCUT2D eigenvalue weighted by molar-refractivity contribution is 0.0636. The molecule has 0 bridgehead atoms. The van der Waals surface area contributed by atoms with Crippen molar-refractivity contribution in [3.8, 4) is 5.75 Å². The van der Waals surface area contributed by atoms with Gasteiger partial charge in [0.2, 0.25) is 0 Å². The van der Waals surface area contributed by atoms with E-state index in [4.69, 9.17) is 15.2 Å². The zero-order valence-corrected chi connectivity index (χ0v) is 17.7. The molecule has 2 rings (SSSR count). The van der Waals surface area contributed by atoms with Gasteiger partial charge in [-0.1, -0.05) is 12.1 Å². The van der Waals surface area contributed by atoms with Gasteiger partial charge in [-0.15, -0.1) is 11.8 Å². The van der Waals surface area contributed by atoms with E-state index in [1.807, 2.05) is 51.1 Å². The molecular weight excluding hydrogens is 416 g/mol. The first-order valence-electron chi connectivity index (χ1n) is 8.03. The average molecular weight is 439 g/mol. The topological polar surface area (TPSA) is 73.6 Å². The minimum absolute atomic E-state index is 0.469. The summed E-state index contributed by atoms with van der Waals surface area (Å²) in [6.07, 6.45) is -0.540. The third-order valence-electron chi connectivity index (χ3n) is 3.32. The van der Waals surface area contributed by atoms with E-state index in [1.54, 1.807) is 24.9 Å². The SMILES string of the molecule is COc1ccc(CSc2ccc(N)c(NC(=O)OC(C)(C)C)c2Br)cc1. The highest BCUT2D eigenvalue weighted by Gasteiger charge is 2.19. The van der Waals surface area contributed by atoms with Crippen molar-refractivity contribution < 1.29 is 14.3 Å². The van der Waals surface area contributed by atoms with E-state index in [0.717, 1.165) is 20.9 Å². The number of hydrogen-bond donors (Lipinski definition) is 2. The molecular formula is C19H23BrN2O3S.